The molecule has 0 radical (unpaired) electrons. The number of nitrogens with zero attached hydrogens (tertiary/aromatic N) is 2. The second-order valence-electron chi connectivity index (χ2n) is 6.73. The van der Waals surface area contributed by atoms with Crippen LogP contribution >= 0.6 is 0 Å². The summed E-state index contributed by atoms with van der Waals surface area (Å²) < 4.78 is 15.7. The molecule has 2 aliphatic heterocycles. The van der Waals surface area contributed by atoms with Crippen molar-refractivity contribution in [2.24, 2.45) is 5.92 Å². The summed E-state index contributed by atoms with van der Waals surface area (Å²) >= 11 is 0. The van der Waals surface area contributed by atoms with Crippen molar-refractivity contribution in [3.05, 3.63) is 23.4 Å². The summed E-state index contributed by atoms with van der Waals surface area (Å²) in [4.78, 5) is 18.8. The molecule has 138 valence electrons. The minimum atomic E-state index is -0.485. The molecular weight excluding hydrogens is 322 g/mol. The van der Waals surface area contributed by atoms with Gasteiger partial charge in [-0.05, 0) is 19.0 Å². The lowest BCUT2D eigenvalue weighted by Gasteiger charge is -2.43. The van der Waals surface area contributed by atoms with Crippen LogP contribution < -0.4 is 5.32 Å². The maximum Gasteiger partial charge on any atom is 0.200 e. The summed E-state index contributed by atoms with van der Waals surface area (Å²) in [6.07, 6.45) is 1.55. The summed E-state index contributed by atoms with van der Waals surface area (Å²) in [7, 11) is 4.89. The highest BCUT2D eigenvalue weighted by molar-refractivity contribution is 5.65. The first kappa shape index (κ1) is 18.3. The molecule has 1 spiro atoms. The summed E-state index contributed by atoms with van der Waals surface area (Å²) in [5, 5.41) is 3.40. The summed E-state index contributed by atoms with van der Waals surface area (Å²) in [6, 6.07) is 4.01. The molecule has 1 aromatic heterocycles. The van der Waals surface area contributed by atoms with Crippen molar-refractivity contribution in [2.45, 2.75) is 18.1 Å². The molecule has 0 aliphatic carbocycles. The van der Waals surface area contributed by atoms with Crippen LogP contribution in [-0.4, -0.2) is 70.3 Å². The molecule has 0 amide bonds. The quantitative estimate of drug-likeness (QED) is 0.586. The third-order valence-electron chi connectivity index (χ3n) is 5.51. The van der Waals surface area contributed by atoms with Crippen LogP contribution in [0.2, 0.25) is 0 Å². The number of nitrogens with one attached hydrogen (secondary N) is 1. The third kappa shape index (κ3) is 3.29. The molecule has 3 heterocycles. The standard InChI is InChI=1S/C18H27N3O4/c1-23-9-8-21-7-6-18(13(10-21)11-22)12-19-16-14(18)4-5-15(20-16)17(24-2)25-3/h4-5,11,13,17H,6-10,12H2,1-3H3,(H,19,20). The van der Waals surface area contributed by atoms with Crippen molar-refractivity contribution in [3.8, 4) is 0 Å². The average molecular weight is 349 g/mol. The zero-order valence-corrected chi connectivity index (χ0v) is 15.2. The Kier molecular flexibility index (Phi) is 5.68. The number of aromatic nitrogens is 1. The molecule has 1 aromatic rings. The van der Waals surface area contributed by atoms with Gasteiger partial charge in [-0.15, -0.1) is 0 Å². The molecule has 3 rings (SSSR count). The number of hydrogen-bond donors (Lipinski definition) is 1. The first-order chi connectivity index (χ1) is 12.2. The summed E-state index contributed by atoms with van der Waals surface area (Å²) in [5.74, 6) is 0.786. The number of anilines is 1. The van der Waals surface area contributed by atoms with Gasteiger partial charge in [0.1, 0.15) is 12.1 Å². The van der Waals surface area contributed by atoms with E-state index in [1.165, 1.54) is 0 Å². The van der Waals surface area contributed by atoms with E-state index in [1.54, 1.807) is 21.3 Å². The van der Waals surface area contributed by atoms with Gasteiger partial charge in [0.25, 0.3) is 0 Å². The Morgan fingerprint density at radius 1 is 1.40 bits per heavy atom. The SMILES string of the molecule is COCCN1CCC2(CNc3nc(C(OC)OC)ccc32)C(C=O)C1. The highest BCUT2D eigenvalue weighted by atomic mass is 16.7. The molecule has 2 aliphatic rings. The highest BCUT2D eigenvalue weighted by Crippen LogP contribution is 2.46. The number of carbonyl (C=O) groups excluding carboxylic acids is 1. The molecule has 0 bridgehead atoms. The van der Waals surface area contributed by atoms with Gasteiger partial charge in [0.15, 0.2) is 0 Å². The zero-order chi connectivity index (χ0) is 17.9. The molecule has 1 saturated heterocycles. The number of rotatable bonds is 7. The number of likely N-dealkylation sites (tertiary alicyclic amines) is 1. The van der Waals surface area contributed by atoms with Crippen LogP contribution in [0.5, 0.6) is 0 Å². The Labute approximate surface area is 148 Å². The fourth-order valence-corrected chi connectivity index (χ4v) is 4.05. The highest BCUT2D eigenvalue weighted by Gasteiger charge is 2.48. The maximum absolute atomic E-state index is 11.9. The van der Waals surface area contributed by atoms with E-state index in [0.717, 1.165) is 56.0 Å². The Bertz CT molecular complexity index is 608. The lowest BCUT2D eigenvalue weighted by atomic mass is 9.68. The van der Waals surface area contributed by atoms with Crippen LogP contribution in [0.4, 0.5) is 5.82 Å². The number of hydrogen-bond acceptors (Lipinski definition) is 7. The first-order valence-electron chi connectivity index (χ1n) is 8.66. The Morgan fingerprint density at radius 3 is 2.88 bits per heavy atom. The molecule has 25 heavy (non-hydrogen) atoms. The molecule has 2 atom stereocenters. The van der Waals surface area contributed by atoms with E-state index in [4.69, 9.17) is 14.2 Å². The second-order valence-corrected chi connectivity index (χ2v) is 6.73. The van der Waals surface area contributed by atoms with Crippen molar-refractivity contribution in [3.63, 3.8) is 0 Å². The van der Waals surface area contributed by atoms with E-state index in [-0.39, 0.29) is 11.3 Å². The van der Waals surface area contributed by atoms with E-state index in [9.17, 15) is 4.79 Å². The van der Waals surface area contributed by atoms with E-state index in [0.29, 0.717) is 6.61 Å². The van der Waals surface area contributed by atoms with Gasteiger partial charge in [0.2, 0.25) is 6.29 Å². The Hall–Kier alpha value is -1.54. The van der Waals surface area contributed by atoms with Crippen molar-refractivity contribution >= 4 is 12.1 Å². The predicted molar refractivity (Wildman–Crippen MR) is 93.7 cm³/mol. The number of pyridine rings is 1. The molecule has 7 nitrogen and oxygen atoms in total. The predicted octanol–water partition coefficient (Wildman–Crippen LogP) is 1.20. The third-order valence-corrected chi connectivity index (χ3v) is 5.51. The maximum atomic E-state index is 11.9. The molecule has 2 unspecified atom stereocenters. The number of carbonyl (C=O) groups is 1. The normalized spacial score (nSPS) is 26.0. The van der Waals surface area contributed by atoms with Crippen LogP contribution in [0.3, 0.4) is 0 Å². The fraction of sp³-hybridized carbons (Fsp3) is 0.667. The van der Waals surface area contributed by atoms with Crippen molar-refractivity contribution in [1.29, 1.82) is 0 Å². The van der Waals surface area contributed by atoms with Crippen molar-refractivity contribution in [2.75, 3.05) is 59.4 Å². The van der Waals surface area contributed by atoms with Crippen LogP contribution in [0, 0.1) is 5.92 Å². The number of fused-ring (bicyclic) bond motifs is 2. The molecular formula is C18H27N3O4. The average Bonchev–Trinajstić information content (AvgIpc) is 3.01. The van der Waals surface area contributed by atoms with Gasteiger partial charge in [-0.25, -0.2) is 4.98 Å². The number of piperidine rings is 1. The Morgan fingerprint density at radius 2 is 2.20 bits per heavy atom. The van der Waals surface area contributed by atoms with Crippen molar-refractivity contribution < 1.29 is 19.0 Å². The zero-order valence-electron chi connectivity index (χ0n) is 15.2. The molecule has 1 fully saturated rings. The number of ether oxygens (including phenoxy) is 3. The van der Waals surface area contributed by atoms with Gasteiger partial charge in [-0.1, -0.05) is 6.07 Å². The van der Waals surface area contributed by atoms with E-state index in [1.807, 2.05) is 6.07 Å². The van der Waals surface area contributed by atoms with Crippen LogP contribution in [0.25, 0.3) is 0 Å². The summed E-state index contributed by atoms with van der Waals surface area (Å²) in [6.45, 7) is 4.00. The topological polar surface area (TPSA) is 72.9 Å². The van der Waals surface area contributed by atoms with Crippen LogP contribution in [0.1, 0.15) is 24.0 Å². The van der Waals surface area contributed by atoms with Gasteiger partial charge in [-0.2, -0.15) is 0 Å². The fourth-order valence-electron chi connectivity index (χ4n) is 4.05. The minimum Gasteiger partial charge on any atom is -0.383 e. The minimum absolute atomic E-state index is 0.0554. The Balaban J connectivity index is 1.84. The first-order valence-corrected chi connectivity index (χ1v) is 8.66. The van der Waals surface area contributed by atoms with Gasteiger partial charge >= 0.3 is 0 Å². The molecule has 1 N–H and O–H groups in total. The smallest absolute Gasteiger partial charge is 0.200 e. The molecule has 0 saturated carbocycles. The lowest BCUT2D eigenvalue weighted by molar-refractivity contribution is -0.115. The van der Waals surface area contributed by atoms with E-state index < -0.39 is 6.29 Å². The van der Waals surface area contributed by atoms with Gasteiger partial charge in [0.05, 0.1) is 12.3 Å². The van der Waals surface area contributed by atoms with Crippen LogP contribution in [-0.2, 0) is 24.4 Å². The largest absolute Gasteiger partial charge is 0.383 e. The van der Waals surface area contributed by atoms with Gasteiger partial charge < -0.3 is 29.2 Å². The molecule has 7 heteroatoms. The van der Waals surface area contributed by atoms with Gasteiger partial charge in [0, 0.05) is 57.9 Å². The number of aldehydes is 1. The van der Waals surface area contributed by atoms with E-state index >= 15 is 0 Å². The van der Waals surface area contributed by atoms with Crippen molar-refractivity contribution in [1.82, 2.24) is 9.88 Å². The van der Waals surface area contributed by atoms with E-state index in [2.05, 4.69) is 21.3 Å². The second kappa shape index (κ2) is 7.78. The summed E-state index contributed by atoms with van der Waals surface area (Å²) in [5.41, 5.74) is 1.68. The van der Waals surface area contributed by atoms with Gasteiger partial charge in [-0.3, -0.25) is 0 Å². The molecule has 0 aromatic carbocycles. The lowest BCUT2D eigenvalue weighted by Crippen LogP contribution is -2.52. The number of methoxy groups -OCH3 is 3. The monoisotopic (exact) mass is 349 g/mol. The van der Waals surface area contributed by atoms with Crippen LogP contribution in [0.15, 0.2) is 12.1 Å².